The lowest BCUT2D eigenvalue weighted by Crippen LogP contribution is -2.72. The average molecular weight is 992 g/mol. The van der Waals surface area contributed by atoms with Crippen molar-refractivity contribution in [2.45, 2.75) is 69.5 Å². The predicted octanol–water partition coefficient (Wildman–Crippen LogP) is 9.15. The summed E-state index contributed by atoms with van der Waals surface area (Å²) in [6.45, 7) is 11.8. The molecule has 6 aromatic rings. The maximum absolute atomic E-state index is 14.9. The van der Waals surface area contributed by atoms with Gasteiger partial charge in [-0.2, -0.15) is 13.2 Å². The highest BCUT2D eigenvalue weighted by Gasteiger charge is 2.52. The summed E-state index contributed by atoms with van der Waals surface area (Å²) in [6, 6.07) is 24.4. The molecule has 0 saturated carbocycles. The summed E-state index contributed by atoms with van der Waals surface area (Å²) in [7, 11) is 3.50. The highest BCUT2D eigenvalue weighted by molar-refractivity contribution is 7.97. The molecule has 4 aliphatic rings. The summed E-state index contributed by atoms with van der Waals surface area (Å²) < 4.78 is 72.9. The number of aryl methyl sites for hydroxylation is 2. The number of hydrogen-bond donors (Lipinski definition) is 2. The van der Waals surface area contributed by atoms with E-state index in [4.69, 9.17) is 9.26 Å². The van der Waals surface area contributed by atoms with E-state index in [9.17, 15) is 22.4 Å². The molecule has 4 saturated heterocycles. The van der Waals surface area contributed by atoms with Crippen LogP contribution < -0.4 is 25.8 Å². The van der Waals surface area contributed by atoms with Gasteiger partial charge in [0.25, 0.3) is 5.56 Å². The van der Waals surface area contributed by atoms with Crippen LogP contribution in [0, 0.1) is 37.0 Å². The van der Waals surface area contributed by atoms with Gasteiger partial charge in [0.15, 0.2) is 0 Å². The van der Waals surface area contributed by atoms with Crippen molar-refractivity contribution in [3.8, 4) is 28.7 Å². The van der Waals surface area contributed by atoms with E-state index in [2.05, 4.69) is 72.1 Å². The molecule has 0 bridgehead atoms. The van der Waals surface area contributed by atoms with E-state index in [1.165, 1.54) is 10.3 Å². The molecule has 12 nitrogen and oxygen atoms in total. The van der Waals surface area contributed by atoms with E-state index in [0.29, 0.717) is 53.2 Å². The molecular formula is C54H61F4N9O3S. The Kier molecular flexibility index (Phi) is 13.9. The van der Waals surface area contributed by atoms with Crippen molar-refractivity contribution in [2.75, 3.05) is 95.1 Å². The number of piperidine rings is 2. The van der Waals surface area contributed by atoms with Crippen LogP contribution >= 0.6 is 11.9 Å². The van der Waals surface area contributed by atoms with Crippen LogP contribution in [0.4, 0.5) is 34.6 Å². The normalized spacial score (nSPS) is 19.9. The maximum atomic E-state index is 14.9. The Morgan fingerprint density at radius 1 is 0.944 bits per heavy atom. The summed E-state index contributed by atoms with van der Waals surface area (Å²) in [4.78, 5) is 21.0. The minimum absolute atomic E-state index is 0.0416. The molecule has 4 fully saturated rings. The second-order valence-corrected chi connectivity index (χ2v) is 21.2. The molecule has 71 heavy (non-hydrogen) atoms. The van der Waals surface area contributed by atoms with E-state index in [0.717, 1.165) is 104 Å². The SMILES string of the molecule is COc1cc(SN2CCC(CN3CC4(C3)CN(c3cccc(Cn5cc(-c6c(C)noc6C)ccc5=O)c3)C4)CC2)ccc1NCC#Cc1cc2c(NC3CCN(C)CC3F)cccc2n1CC(F)(F)F. The third-order valence-electron chi connectivity index (χ3n) is 14.6. The zero-order chi connectivity index (χ0) is 49.4. The van der Waals surface area contributed by atoms with Crippen LogP contribution in [0.15, 0.2) is 99.3 Å². The Morgan fingerprint density at radius 3 is 2.49 bits per heavy atom. The standard InChI is InChI=1S/C54H61F4N9O3S/c1-36-52(37(2)70-61-36)40-13-16-51(68)64(29-40)28-39-8-5-9-41(24-39)65-33-53(34-65)31-63(32-53)27-38-17-22-66(23-18-38)71-43-14-15-48(50(26-43)69-4)59-20-7-10-42-25-44-46(60-47-19-21-62(3)30-45(47)55)11-6-12-49(44)67(42)35-54(56,57)58/h5-6,8-9,11-16,24-26,29,38,45,47,59-60H,17-23,27-28,30-35H2,1-4H3. The number of aromatic nitrogens is 3. The fraction of sp³-hybridized carbons (Fsp3) is 0.444. The van der Waals surface area contributed by atoms with Gasteiger partial charge in [-0.25, -0.2) is 8.70 Å². The number of anilines is 3. The van der Waals surface area contributed by atoms with Crippen molar-refractivity contribution < 1.29 is 26.8 Å². The van der Waals surface area contributed by atoms with Gasteiger partial charge in [0, 0.05) is 109 Å². The van der Waals surface area contributed by atoms with Crippen LogP contribution in [0.3, 0.4) is 0 Å². The first-order chi connectivity index (χ1) is 34.2. The second kappa shape index (κ2) is 20.3. The van der Waals surface area contributed by atoms with Gasteiger partial charge in [-0.1, -0.05) is 29.3 Å². The Hall–Kier alpha value is -5.93. The fourth-order valence-electron chi connectivity index (χ4n) is 11.1. The van der Waals surface area contributed by atoms with Crippen molar-refractivity contribution in [3.05, 3.63) is 118 Å². The van der Waals surface area contributed by atoms with Gasteiger partial charge in [-0.05, 0) is 124 Å². The van der Waals surface area contributed by atoms with Gasteiger partial charge < -0.3 is 43.7 Å². The largest absolute Gasteiger partial charge is 0.495 e. The highest BCUT2D eigenvalue weighted by atomic mass is 32.2. The summed E-state index contributed by atoms with van der Waals surface area (Å²) in [5.74, 6) is 8.06. The second-order valence-electron chi connectivity index (χ2n) is 20.0. The number of rotatable bonds is 14. The number of likely N-dealkylation sites (tertiary alicyclic amines) is 2. The van der Waals surface area contributed by atoms with E-state index < -0.39 is 24.9 Å². The first-order valence-electron chi connectivity index (χ1n) is 24.5. The molecule has 10 rings (SSSR count). The van der Waals surface area contributed by atoms with Crippen molar-refractivity contribution in [1.82, 2.24) is 28.4 Å². The van der Waals surface area contributed by atoms with Gasteiger partial charge in [0.2, 0.25) is 0 Å². The van der Waals surface area contributed by atoms with E-state index in [1.54, 1.807) is 54.0 Å². The third-order valence-corrected chi connectivity index (χ3v) is 15.6. The number of alkyl halides is 4. The number of fused-ring (bicyclic) bond motifs is 1. The number of halogens is 4. The Labute approximate surface area is 416 Å². The van der Waals surface area contributed by atoms with Crippen molar-refractivity contribution >= 4 is 39.9 Å². The quantitative estimate of drug-likeness (QED) is 0.0622. The van der Waals surface area contributed by atoms with Crippen LogP contribution in [-0.4, -0.2) is 126 Å². The summed E-state index contributed by atoms with van der Waals surface area (Å²) in [5, 5.41) is 11.2. The number of methoxy groups -OCH3 is 1. The number of hydrogen-bond acceptors (Lipinski definition) is 11. The van der Waals surface area contributed by atoms with Crippen LogP contribution in [0.1, 0.15) is 42.0 Å². The van der Waals surface area contributed by atoms with Gasteiger partial charge in [-0.15, -0.1) is 0 Å². The van der Waals surface area contributed by atoms with Gasteiger partial charge in [0.05, 0.1) is 48.8 Å². The third kappa shape index (κ3) is 11.0. The van der Waals surface area contributed by atoms with Gasteiger partial charge in [-0.3, -0.25) is 4.79 Å². The minimum atomic E-state index is -4.46. The molecule has 0 radical (unpaired) electrons. The molecule has 4 aliphatic heterocycles. The summed E-state index contributed by atoms with van der Waals surface area (Å²) in [6.07, 6.45) is -0.767. The average Bonchev–Trinajstić information content (AvgIpc) is 3.84. The van der Waals surface area contributed by atoms with Gasteiger partial charge in [0.1, 0.15) is 24.2 Å². The molecule has 2 N–H and O–H groups in total. The molecule has 374 valence electrons. The number of pyridine rings is 1. The van der Waals surface area contributed by atoms with Crippen molar-refractivity contribution in [1.29, 1.82) is 0 Å². The monoisotopic (exact) mass is 991 g/mol. The smallest absolute Gasteiger partial charge is 0.406 e. The van der Waals surface area contributed by atoms with E-state index in [-0.39, 0.29) is 17.8 Å². The number of nitrogens with one attached hydrogen (secondary N) is 2. The lowest BCUT2D eigenvalue weighted by atomic mass is 9.72. The lowest BCUT2D eigenvalue weighted by Gasteiger charge is -2.61. The molecule has 17 heteroatoms. The Balaban J connectivity index is 0.678. The highest BCUT2D eigenvalue weighted by Crippen LogP contribution is 2.43. The summed E-state index contributed by atoms with van der Waals surface area (Å²) >= 11 is 1.74. The van der Waals surface area contributed by atoms with Crippen LogP contribution in [0.25, 0.3) is 22.0 Å². The van der Waals surface area contributed by atoms with Crippen molar-refractivity contribution in [2.24, 2.45) is 11.3 Å². The summed E-state index contributed by atoms with van der Waals surface area (Å²) in [5.41, 5.74) is 7.24. The molecule has 0 amide bonds. The molecule has 3 aromatic heterocycles. The minimum Gasteiger partial charge on any atom is -0.495 e. The molecule has 2 atom stereocenters. The van der Waals surface area contributed by atoms with E-state index in [1.807, 2.05) is 50.2 Å². The molecule has 1 spiro atoms. The maximum Gasteiger partial charge on any atom is 0.406 e. The molecule has 0 aliphatic carbocycles. The zero-order valence-electron chi connectivity index (χ0n) is 40.7. The Bertz CT molecular complexity index is 2970. The first kappa shape index (κ1) is 48.7. The number of benzene rings is 3. The van der Waals surface area contributed by atoms with Crippen LogP contribution in [0.2, 0.25) is 0 Å². The van der Waals surface area contributed by atoms with Gasteiger partial charge >= 0.3 is 6.18 Å². The topological polar surface area (TPSA) is 99.2 Å². The number of nitrogens with zero attached hydrogens (tertiary/aromatic N) is 7. The van der Waals surface area contributed by atoms with Crippen LogP contribution in [-0.2, 0) is 13.1 Å². The zero-order valence-corrected chi connectivity index (χ0v) is 41.5. The fourth-order valence-corrected chi connectivity index (χ4v) is 12.0. The first-order valence-corrected chi connectivity index (χ1v) is 25.3. The van der Waals surface area contributed by atoms with E-state index >= 15 is 0 Å². The van der Waals surface area contributed by atoms with Crippen molar-refractivity contribution in [3.63, 3.8) is 0 Å². The molecular weight excluding hydrogens is 931 g/mol. The number of ether oxygens (including phenoxy) is 1. The molecule has 2 unspecified atom stereocenters. The lowest BCUT2D eigenvalue weighted by molar-refractivity contribution is -0.140. The predicted molar refractivity (Wildman–Crippen MR) is 273 cm³/mol. The molecule has 3 aromatic carbocycles. The molecule has 7 heterocycles. The van der Waals surface area contributed by atoms with Crippen LogP contribution in [0.5, 0.6) is 5.75 Å². The Morgan fingerprint density at radius 2 is 1.75 bits per heavy atom.